The molecule has 1 aromatic carbocycles. The van der Waals surface area contributed by atoms with Crippen LogP contribution in [-0.2, 0) is 14.4 Å². The molecule has 1 saturated carbocycles. The van der Waals surface area contributed by atoms with E-state index in [1.807, 2.05) is 18.2 Å². The zero-order chi connectivity index (χ0) is 25.4. The van der Waals surface area contributed by atoms with Crippen molar-refractivity contribution in [3.8, 4) is 5.75 Å². The third-order valence-electron chi connectivity index (χ3n) is 8.01. The summed E-state index contributed by atoms with van der Waals surface area (Å²) < 4.78 is 5.42. The van der Waals surface area contributed by atoms with Crippen molar-refractivity contribution in [1.29, 1.82) is 0 Å². The zero-order valence-electron chi connectivity index (χ0n) is 20.2. The quantitative estimate of drug-likeness (QED) is 0.466. The molecule has 0 bridgehead atoms. The molecular weight excluding hydrogens is 484 g/mol. The summed E-state index contributed by atoms with van der Waals surface area (Å²) in [6, 6.07) is 5.78. The van der Waals surface area contributed by atoms with Crippen molar-refractivity contribution in [2.24, 2.45) is 17.8 Å². The summed E-state index contributed by atoms with van der Waals surface area (Å²) in [7, 11) is 1.58. The molecule has 3 aliphatic rings. The first-order valence-electron chi connectivity index (χ1n) is 12.5. The predicted molar refractivity (Wildman–Crippen MR) is 134 cm³/mol. The lowest BCUT2D eigenvalue weighted by molar-refractivity contribution is -0.131. The fourth-order valence-corrected chi connectivity index (χ4v) is 6.39. The maximum atomic E-state index is 13.7. The number of hydrogen-bond acceptors (Lipinski definition) is 5. The van der Waals surface area contributed by atoms with Gasteiger partial charge in [0.1, 0.15) is 17.5 Å². The summed E-state index contributed by atoms with van der Waals surface area (Å²) in [6.07, 6.45) is 3.65. The molecule has 2 aliphatic heterocycles. The number of aromatic nitrogens is 1. The fourth-order valence-electron chi connectivity index (χ4n) is 6.20. The van der Waals surface area contributed by atoms with Crippen molar-refractivity contribution < 1.29 is 23.9 Å². The van der Waals surface area contributed by atoms with Gasteiger partial charge in [0, 0.05) is 29.9 Å². The molecule has 1 aromatic heterocycles. The van der Waals surface area contributed by atoms with E-state index in [1.165, 1.54) is 0 Å². The Morgan fingerprint density at radius 2 is 2.08 bits per heavy atom. The highest BCUT2D eigenvalue weighted by Gasteiger charge is 2.50. The minimum Gasteiger partial charge on any atom is -0.496 e. The lowest BCUT2D eigenvalue weighted by atomic mass is 9.92. The maximum Gasteiger partial charge on any atom is 0.271 e. The number of nitrogens with one attached hydrogen (secondary N) is 3. The highest BCUT2D eigenvalue weighted by atomic mass is 35.5. The molecule has 3 amide bonds. The average molecular weight is 515 g/mol. The SMILES string of the molecule is COc1cccc2[nH]c(C(=O)N3CC4CCCC4C3C(=O)NC(CC3CCNC3=O)C(=O)CCl)cc12. The summed E-state index contributed by atoms with van der Waals surface area (Å²) >= 11 is 5.84. The van der Waals surface area contributed by atoms with Gasteiger partial charge in [0.05, 0.1) is 19.0 Å². The number of ether oxygens (including phenoxy) is 1. The van der Waals surface area contributed by atoms with Gasteiger partial charge >= 0.3 is 0 Å². The standard InChI is InChI=1S/C26H31ClN4O5/c1-36-22-7-3-6-18-17(22)11-20(29-18)26(35)31-13-15-4-2-5-16(15)23(31)25(34)30-19(21(32)12-27)10-14-8-9-28-24(14)33/h3,6-7,11,14-16,19,23,29H,2,4-5,8-10,12-13H2,1H3,(H,28,33)(H,30,34). The molecule has 36 heavy (non-hydrogen) atoms. The molecule has 0 radical (unpaired) electrons. The second-order valence-electron chi connectivity index (χ2n) is 10.0. The van der Waals surface area contributed by atoms with Crippen molar-refractivity contribution in [1.82, 2.24) is 20.5 Å². The van der Waals surface area contributed by atoms with Gasteiger partial charge in [0.2, 0.25) is 11.8 Å². The molecule has 1 aliphatic carbocycles. The number of alkyl halides is 1. The molecule has 2 aromatic rings. The van der Waals surface area contributed by atoms with E-state index >= 15 is 0 Å². The Hall–Kier alpha value is -3.07. The number of hydrogen-bond donors (Lipinski definition) is 3. The molecular formula is C26H31ClN4O5. The van der Waals surface area contributed by atoms with E-state index in [0.29, 0.717) is 31.0 Å². The molecule has 5 atom stereocenters. The number of methoxy groups -OCH3 is 1. The van der Waals surface area contributed by atoms with Crippen molar-refractivity contribution in [2.45, 2.75) is 44.2 Å². The molecule has 3 fully saturated rings. The second kappa shape index (κ2) is 10.1. The van der Waals surface area contributed by atoms with Crippen molar-refractivity contribution >= 4 is 46.0 Å². The van der Waals surface area contributed by atoms with E-state index in [1.54, 1.807) is 18.1 Å². The first-order valence-corrected chi connectivity index (χ1v) is 13.1. The number of fused-ring (bicyclic) bond motifs is 2. The van der Waals surface area contributed by atoms with Gasteiger partial charge in [-0.05, 0) is 55.7 Å². The summed E-state index contributed by atoms with van der Waals surface area (Å²) in [6.45, 7) is 1.05. The number of carbonyl (C=O) groups is 4. The van der Waals surface area contributed by atoms with E-state index in [-0.39, 0.29) is 53.6 Å². The van der Waals surface area contributed by atoms with E-state index in [4.69, 9.17) is 16.3 Å². The van der Waals surface area contributed by atoms with Crippen LogP contribution >= 0.6 is 11.6 Å². The van der Waals surface area contributed by atoms with Crippen molar-refractivity contribution in [3.05, 3.63) is 30.0 Å². The van der Waals surface area contributed by atoms with Crippen LogP contribution in [0.3, 0.4) is 0 Å². The third-order valence-corrected chi connectivity index (χ3v) is 8.28. The van der Waals surface area contributed by atoms with Gasteiger partial charge in [-0.1, -0.05) is 12.5 Å². The Morgan fingerprint density at radius 1 is 1.25 bits per heavy atom. The van der Waals surface area contributed by atoms with E-state index in [9.17, 15) is 19.2 Å². The molecule has 5 rings (SSSR count). The molecule has 10 heteroatoms. The number of amides is 3. The maximum absolute atomic E-state index is 13.7. The number of ketones is 1. The van der Waals surface area contributed by atoms with Gasteiger partial charge in [-0.25, -0.2) is 0 Å². The largest absolute Gasteiger partial charge is 0.496 e. The number of carbonyl (C=O) groups excluding carboxylic acids is 4. The smallest absolute Gasteiger partial charge is 0.271 e. The molecule has 3 heterocycles. The monoisotopic (exact) mass is 514 g/mol. The minimum atomic E-state index is -0.862. The highest BCUT2D eigenvalue weighted by Crippen LogP contribution is 2.43. The number of likely N-dealkylation sites (tertiary alicyclic amines) is 1. The van der Waals surface area contributed by atoms with Crippen LogP contribution in [0.15, 0.2) is 24.3 Å². The molecule has 5 unspecified atom stereocenters. The van der Waals surface area contributed by atoms with Crippen LogP contribution in [-0.4, -0.2) is 71.6 Å². The zero-order valence-corrected chi connectivity index (χ0v) is 21.0. The Balaban J connectivity index is 1.39. The van der Waals surface area contributed by atoms with Crippen LogP contribution < -0.4 is 15.4 Å². The molecule has 3 N–H and O–H groups in total. The Labute approximate surface area is 214 Å². The topological polar surface area (TPSA) is 121 Å². The van der Waals surface area contributed by atoms with Gasteiger partial charge in [0.25, 0.3) is 5.91 Å². The number of benzene rings is 1. The number of halogens is 1. The van der Waals surface area contributed by atoms with E-state index in [0.717, 1.165) is 30.2 Å². The molecule has 9 nitrogen and oxygen atoms in total. The minimum absolute atomic E-state index is 0.0365. The first-order chi connectivity index (χ1) is 17.4. The van der Waals surface area contributed by atoms with Gasteiger partial charge in [0.15, 0.2) is 5.78 Å². The molecule has 0 spiro atoms. The van der Waals surface area contributed by atoms with E-state index in [2.05, 4.69) is 15.6 Å². The summed E-state index contributed by atoms with van der Waals surface area (Å²) in [5.74, 6) is -0.702. The Bertz CT molecular complexity index is 1200. The number of rotatable bonds is 8. The number of H-pyrrole nitrogens is 1. The summed E-state index contributed by atoms with van der Waals surface area (Å²) in [5.41, 5.74) is 1.17. The third kappa shape index (κ3) is 4.45. The molecule has 2 saturated heterocycles. The van der Waals surface area contributed by atoms with Crippen molar-refractivity contribution in [2.75, 3.05) is 26.1 Å². The van der Waals surface area contributed by atoms with Gasteiger partial charge in [-0.2, -0.15) is 0 Å². The molecule has 192 valence electrons. The van der Waals surface area contributed by atoms with Crippen molar-refractivity contribution in [3.63, 3.8) is 0 Å². The number of Topliss-reactive ketones (excluding diaryl/α,β-unsaturated/α-hetero) is 1. The van der Waals surface area contributed by atoms with Gasteiger partial charge in [-0.15, -0.1) is 11.6 Å². The van der Waals surface area contributed by atoms with Crippen LogP contribution in [0.4, 0.5) is 0 Å². The van der Waals surface area contributed by atoms with Crippen LogP contribution in [0, 0.1) is 17.8 Å². The summed E-state index contributed by atoms with van der Waals surface area (Å²) in [4.78, 5) is 56.9. The van der Waals surface area contributed by atoms with Crippen LogP contribution in [0.25, 0.3) is 10.9 Å². The number of nitrogens with zero attached hydrogens (tertiary/aromatic N) is 1. The first kappa shape index (κ1) is 24.6. The summed E-state index contributed by atoms with van der Waals surface area (Å²) in [5, 5.41) is 6.44. The van der Waals surface area contributed by atoms with Crippen LogP contribution in [0.5, 0.6) is 5.75 Å². The van der Waals surface area contributed by atoms with E-state index < -0.39 is 12.1 Å². The van der Waals surface area contributed by atoms with Crippen LogP contribution in [0.2, 0.25) is 0 Å². The Kier molecular flexibility index (Phi) is 6.92. The number of aromatic amines is 1. The Morgan fingerprint density at radius 3 is 2.81 bits per heavy atom. The lowest BCUT2D eigenvalue weighted by Crippen LogP contribution is -2.53. The normalized spacial score (nSPS) is 26.1. The predicted octanol–water partition coefficient (Wildman–Crippen LogP) is 2.24. The van der Waals surface area contributed by atoms with Gasteiger partial charge < -0.3 is 25.3 Å². The average Bonchev–Trinajstić information content (AvgIpc) is 3.66. The van der Waals surface area contributed by atoms with Crippen LogP contribution in [0.1, 0.15) is 42.6 Å². The lowest BCUT2D eigenvalue weighted by Gasteiger charge is -2.29. The highest BCUT2D eigenvalue weighted by molar-refractivity contribution is 6.28. The van der Waals surface area contributed by atoms with Gasteiger partial charge in [-0.3, -0.25) is 19.2 Å². The second-order valence-corrected chi connectivity index (χ2v) is 10.3. The fraction of sp³-hybridized carbons (Fsp3) is 0.538.